The van der Waals surface area contributed by atoms with Crippen LogP contribution in [-0.4, -0.2) is 26.1 Å². The third-order valence-corrected chi connectivity index (χ3v) is 3.83. The summed E-state index contributed by atoms with van der Waals surface area (Å²) in [5.41, 5.74) is 1.96. The van der Waals surface area contributed by atoms with Crippen LogP contribution in [0.3, 0.4) is 0 Å². The number of carbonyl (C=O) groups is 1. The Hall–Kier alpha value is -2.83. The number of aryl methyl sites for hydroxylation is 1. The third-order valence-electron chi connectivity index (χ3n) is 3.83. The van der Waals surface area contributed by atoms with E-state index in [0.29, 0.717) is 12.2 Å². The zero-order chi connectivity index (χ0) is 16.2. The molecule has 1 amide bonds. The van der Waals surface area contributed by atoms with Gasteiger partial charge in [-0.3, -0.25) is 9.78 Å². The number of benzene rings is 1. The van der Waals surface area contributed by atoms with Gasteiger partial charge in [-0.2, -0.15) is 5.10 Å². The standard InChI is InChI=1S/C16H19N5O2/c1-10(15-19-16(23)21-20-15)18-14(22)8-4-5-11-9-17-13-7-3-2-6-12(11)13/h2-3,6-7,9-10,17H,4-5,8H2,1H3,(H,18,22)(H2,19,20,21,23)/t10-/m0/s1. The summed E-state index contributed by atoms with van der Waals surface area (Å²) in [7, 11) is 0. The summed E-state index contributed by atoms with van der Waals surface area (Å²) in [5, 5.41) is 10.1. The molecule has 0 fully saturated rings. The number of H-pyrrole nitrogens is 3. The van der Waals surface area contributed by atoms with Crippen molar-refractivity contribution in [3.8, 4) is 0 Å². The van der Waals surface area contributed by atoms with Crippen molar-refractivity contribution >= 4 is 16.8 Å². The van der Waals surface area contributed by atoms with E-state index in [4.69, 9.17) is 0 Å². The maximum atomic E-state index is 12.0. The summed E-state index contributed by atoms with van der Waals surface area (Å²) in [5.74, 6) is 0.376. The molecular weight excluding hydrogens is 294 g/mol. The first-order valence-corrected chi connectivity index (χ1v) is 7.62. The Bertz CT molecular complexity index is 860. The van der Waals surface area contributed by atoms with Gasteiger partial charge in [0.05, 0.1) is 6.04 Å². The molecule has 1 aromatic carbocycles. The van der Waals surface area contributed by atoms with Crippen molar-refractivity contribution in [1.82, 2.24) is 25.5 Å². The van der Waals surface area contributed by atoms with Crippen molar-refractivity contribution in [1.29, 1.82) is 0 Å². The molecule has 0 saturated heterocycles. The van der Waals surface area contributed by atoms with E-state index in [-0.39, 0.29) is 17.6 Å². The molecule has 0 aliphatic rings. The number of aromatic amines is 3. The largest absolute Gasteiger partial charge is 0.361 e. The SMILES string of the molecule is C[C@H](NC(=O)CCCc1c[nH]c2ccccc12)c1n[nH]c(=O)[nH]1. The molecule has 0 bridgehead atoms. The molecule has 0 aliphatic heterocycles. The maximum Gasteiger partial charge on any atom is 0.340 e. The van der Waals surface area contributed by atoms with Crippen molar-refractivity contribution < 1.29 is 4.79 Å². The van der Waals surface area contributed by atoms with Crippen LogP contribution in [0.2, 0.25) is 0 Å². The number of rotatable bonds is 6. The third kappa shape index (κ3) is 3.50. The zero-order valence-corrected chi connectivity index (χ0v) is 12.8. The number of fused-ring (bicyclic) bond motifs is 1. The van der Waals surface area contributed by atoms with Crippen molar-refractivity contribution in [3.63, 3.8) is 0 Å². The lowest BCUT2D eigenvalue weighted by Gasteiger charge is -2.10. The Labute approximate surface area is 132 Å². The molecule has 2 aromatic heterocycles. The number of nitrogens with one attached hydrogen (secondary N) is 4. The number of carbonyl (C=O) groups excluding carboxylic acids is 1. The molecule has 0 unspecified atom stereocenters. The predicted molar refractivity (Wildman–Crippen MR) is 87.0 cm³/mol. The highest BCUT2D eigenvalue weighted by molar-refractivity contribution is 5.83. The minimum atomic E-state index is -0.375. The van der Waals surface area contributed by atoms with Crippen molar-refractivity contribution in [2.24, 2.45) is 0 Å². The highest BCUT2D eigenvalue weighted by Gasteiger charge is 2.12. The number of hydrogen-bond acceptors (Lipinski definition) is 3. The summed E-state index contributed by atoms with van der Waals surface area (Å²) in [6, 6.07) is 7.81. The Kier molecular flexibility index (Phi) is 4.27. The van der Waals surface area contributed by atoms with Crippen LogP contribution in [0, 0.1) is 0 Å². The van der Waals surface area contributed by atoms with Gasteiger partial charge in [-0.25, -0.2) is 9.89 Å². The Balaban J connectivity index is 1.50. The minimum absolute atomic E-state index is 0.0545. The molecule has 0 saturated carbocycles. The zero-order valence-electron chi connectivity index (χ0n) is 12.8. The van der Waals surface area contributed by atoms with E-state index < -0.39 is 0 Å². The van der Waals surface area contributed by atoms with Gasteiger partial charge in [0.15, 0.2) is 5.82 Å². The first-order chi connectivity index (χ1) is 11.1. The van der Waals surface area contributed by atoms with Crippen LogP contribution in [0.15, 0.2) is 35.3 Å². The topological polar surface area (TPSA) is 106 Å². The molecule has 120 valence electrons. The number of para-hydroxylation sites is 1. The first-order valence-electron chi connectivity index (χ1n) is 7.62. The van der Waals surface area contributed by atoms with Gasteiger partial charge in [-0.05, 0) is 31.4 Å². The molecule has 0 aliphatic carbocycles. The maximum absolute atomic E-state index is 12.0. The number of amides is 1. The van der Waals surface area contributed by atoms with Crippen LogP contribution in [0.1, 0.15) is 37.2 Å². The van der Waals surface area contributed by atoms with Crippen molar-refractivity contribution in [2.75, 3.05) is 0 Å². The van der Waals surface area contributed by atoms with Crippen LogP contribution in [-0.2, 0) is 11.2 Å². The Morgan fingerprint density at radius 1 is 1.35 bits per heavy atom. The lowest BCUT2D eigenvalue weighted by atomic mass is 10.1. The molecule has 7 nitrogen and oxygen atoms in total. The van der Waals surface area contributed by atoms with E-state index in [9.17, 15) is 9.59 Å². The molecule has 1 atom stereocenters. The van der Waals surface area contributed by atoms with E-state index in [0.717, 1.165) is 18.4 Å². The molecule has 0 spiro atoms. The second-order valence-corrected chi connectivity index (χ2v) is 5.57. The van der Waals surface area contributed by atoms with Gasteiger partial charge < -0.3 is 10.3 Å². The van der Waals surface area contributed by atoms with E-state index >= 15 is 0 Å². The fourth-order valence-electron chi connectivity index (χ4n) is 2.65. The van der Waals surface area contributed by atoms with E-state index in [1.807, 2.05) is 24.4 Å². The Morgan fingerprint density at radius 3 is 2.96 bits per heavy atom. The molecule has 7 heteroatoms. The smallest absolute Gasteiger partial charge is 0.340 e. The van der Waals surface area contributed by atoms with Crippen molar-refractivity contribution in [3.05, 3.63) is 52.3 Å². The van der Waals surface area contributed by atoms with E-state index in [2.05, 4.69) is 31.5 Å². The van der Waals surface area contributed by atoms with Gasteiger partial charge in [0.2, 0.25) is 5.91 Å². The first kappa shape index (κ1) is 15.1. The lowest BCUT2D eigenvalue weighted by Crippen LogP contribution is -2.27. The summed E-state index contributed by atoms with van der Waals surface area (Å²) < 4.78 is 0. The molecule has 4 N–H and O–H groups in total. The van der Waals surface area contributed by atoms with Gasteiger partial charge in [0, 0.05) is 23.5 Å². The van der Waals surface area contributed by atoms with Gasteiger partial charge >= 0.3 is 5.69 Å². The number of nitrogens with zero attached hydrogens (tertiary/aromatic N) is 1. The molecular formula is C16H19N5O2. The van der Waals surface area contributed by atoms with Crippen LogP contribution < -0.4 is 11.0 Å². The van der Waals surface area contributed by atoms with Crippen LogP contribution in [0.4, 0.5) is 0 Å². The van der Waals surface area contributed by atoms with Gasteiger partial charge in [0.1, 0.15) is 0 Å². The van der Waals surface area contributed by atoms with Gasteiger partial charge in [-0.1, -0.05) is 18.2 Å². The summed E-state index contributed by atoms with van der Waals surface area (Å²) >= 11 is 0. The number of hydrogen-bond donors (Lipinski definition) is 4. The van der Waals surface area contributed by atoms with Crippen LogP contribution in [0.5, 0.6) is 0 Å². The fraction of sp³-hybridized carbons (Fsp3) is 0.312. The van der Waals surface area contributed by atoms with Crippen LogP contribution in [0.25, 0.3) is 10.9 Å². The second kappa shape index (κ2) is 6.51. The quantitative estimate of drug-likeness (QED) is 0.557. The molecule has 0 radical (unpaired) electrons. The summed E-state index contributed by atoms with van der Waals surface area (Å²) in [6.07, 6.45) is 4.03. The Morgan fingerprint density at radius 2 is 2.17 bits per heavy atom. The number of aromatic nitrogens is 4. The van der Waals surface area contributed by atoms with E-state index in [1.165, 1.54) is 10.9 Å². The summed E-state index contributed by atoms with van der Waals surface area (Å²) in [4.78, 5) is 28.8. The highest BCUT2D eigenvalue weighted by atomic mass is 16.2. The second-order valence-electron chi connectivity index (χ2n) is 5.57. The highest BCUT2D eigenvalue weighted by Crippen LogP contribution is 2.19. The molecule has 3 rings (SSSR count). The minimum Gasteiger partial charge on any atom is -0.361 e. The average molecular weight is 313 g/mol. The predicted octanol–water partition coefficient (Wildman–Crippen LogP) is 1.78. The van der Waals surface area contributed by atoms with Gasteiger partial charge in [0.25, 0.3) is 0 Å². The normalized spacial score (nSPS) is 12.4. The lowest BCUT2D eigenvalue weighted by molar-refractivity contribution is -0.121. The van der Waals surface area contributed by atoms with Gasteiger partial charge in [-0.15, -0.1) is 0 Å². The monoisotopic (exact) mass is 313 g/mol. The molecule has 3 aromatic rings. The summed E-state index contributed by atoms with van der Waals surface area (Å²) in [6.45, 7) is 1.78. The fourth-order valence-corrected chi connectivity index (χ4v) is 2.65. The van der Waals surface area contributed by atoms with Crippen molar-refractivity contribution in [2.45, 2.75) is 32.2 Å². The van der Waals surface area contributed by atoms with E-state index in [1.54, 1.807) is 6.92 Å². The average Bonchev–Trinajstić information content (AvgIpc) is 3.14. The molecule has 23 heavy (non-hydrogen) atoms. The molecule has 2 heterocycles. The van der Waals surface area contributed by atoms with Crippen LogP contribution >= 0.6 is 0 Å².